The van der Waals surface area contributed by atoms with Crippen molar-refractivity contribution in [3.05, 3.63) is 24.3 Å². The molecule has 0 saturated heterocycles. The molecule has 0 unspecified atom stereocenters. The Hall–Kier alpha value is -2.15. The molecule has 18 heavy (non-hydrogen) atoms. The second-order valence-corrected chi connectivity index (χ2v) is 3.61. The zero-order chi connectivity index (χ0) is 13.2. The lowest BCUT2D eigenvalue weighted by molar-refractivity contribution is -0.121. The lowest BCUT2D eigenvalue weighted by Gasteiger charge is -2.06. The minimum Gasteiger partial charge on any atom is -0.497 e. The number of amides is 1. The molecule has 0 saturated carbocycles. The third-order valence-electron chi connectivity index (χ3n) is 2.26. The Morgan fingerprint density at radius 3 is 2.61 bits per heavy atom. The van der Waals surface area contributed by atoms with Gasteiger partial charge in [-0.25, -0.2) is 0 Å². The van der Waals surface area contributed by atoms with Gasteiger partial charge < -0.3 is 14.8 Å². The van der Waals surface area contributed by atoms with Crippen LogP contribution in [0.15, 0.2) is 24.3 Å². The number of hydrogen-bond acceptors (Lipinski definition) is 3. The molecule has 1 rings (SSSR count). The van der Waals surface area contributed by atoms with Crippen molar-refractivity contribution in [1.82, 2.24) is 5.32 Å². The van der Waals surface area contributed by atoms with Crippen molar-refractivity contribution < 1.29 is 14.3 Å². The van der Waals surface area contributed by atoms with Crippen LogP contribution in [0.4, 0.5) is 0 Å². The van der Waals surface area contributed by atoms with Gasteiger partial charge in [-0.1, -0.05) is 5.92 Å². The van der Waals surface area contributed by atoms with Gasteiger partial charge in [0.1, 0.15) is 11.5 Å². The molecule has 0 atom stereocenters. The van der Waals surface area contributed by atoms with Crippen LogP contribution in [0.5, 0.6) is 11.5 Å². The van der Waals surface area contributed by atoms with Crippen molar-refractivity contribution in [3.8, 4) is 23.8 Å². The smallest absolute Gasteiger partial charge is 0.220 e. The molecular formula is C14H17NO3. The highest BCUT2D eigenvalue weighted by molar-refractivity contribution is 5.76. The maximum absolute atomic E-state index is 11.2. The molecule has 0 fully saturated rings. The van der Waals surface area contributed by atoms with E-state index in [4.69, 9.17) is 15.9 Å². The van der Waals surface area contributed by atoms with Crippen molar-refractivity contribution in [1.29, 1.82) is 0 Å². The Bertz CT molecular complexity index is 406. The van der Waals surface area contributed by atoms with Crippen LogP contribution in [-0.4, -0.2) is 26.2 Å². The largest absolute Gasteiger partial charge is 0.497 e. The van der Waals surface area contributed by atoms with Crippen molar-refractivity contribution >= 4 is 5.91 Å². The maximum atomic E-state index is 11.2. The van der Waals surface area contributed by atoms with Gasteiger partial charge in [0, 0.05) is 6.42 Å². The summed E-state index contributed by atoms with van der Waals surface area (Å²) in [6.45, 7) is 0.772. The number of carbonyl (C=O) groups excluding carboxylic acids is 1. The Balaban J connectivity index is 2.17. The standard InChI is InChI=1S/C14H17NO3/c1-3-10-15-14(16)5-4-11-18-13-8-6-12(17-2)7-9-13/h1,6-9H,4-5,10-11H2,2H3,(H,15,16). The van der Waals surface area contributed by atoms with E-state index in [1.165, 1.54) is 0 Å². The summed E-state index contributed by atoms with van der Waals surface area (Å²) in [6.07, 6.45) is 6.10. The van der Waals surface area contributed by atoms with Gasteiger partial charge >= 0.3 is 0 Å². The molecule has 96 valence electrons. The fourth-order valence-corrected chi connectivity index (χ4v) is 1.33. The summed E-state index contributed by atoms with van der Waals surface area (Å²) in [5.74, 6) is 3.85. The molecule has 1 amide bonds. The van der Waals surface area contributed by atoms with E-state index in [1.807, 2.05) is 24.3 Å². The van der Waals surface area contributed by atoms with Crippen LogP contribution in [0.3, 0.4) is 0 Å². The van der Waals surface area contributed by atoms with Gasteiger partial charge in [-0.2, -0.15) is 0 Å². The number of carbonyl (C=O) groups is 1. The monoisotopic (exact) mass is 247 g/mol. The molecule has 4 heteroatoms. The second kappa shape index (κ2) is 8.02. The summed E-state index contributed by atoms with van der Waals surface area (Å²) >= 11 is 0. The fourth-order valence-electron chi connectivity index (χ4n) is 1.33. The third kappa shape index (κ3) is 5.26. The summed E-state index contributed by atoms with van der Waals surface area (Å²) < 4.78 is 10.5. The molecule has 0 aliphatic carbocycles. The van der Waals surface area contributed by atoms with Crippen molar-refractivity contribution in [3.63, 3.8) is 0 Å². The molecular weight excluding hydrogens is 230 g/mol. The molecule has 0 heterocycles. The van der Waals surface area contributed by atoms with E-state index in [2.05, 4.69) is 11.2 Å². The molecule has 1 aromatic carbocycles. The molecule has 0 aliphatic rings. The van der Waals surface area contributed by atoms with Gasteiger partial charge in [-0.15, -0.1) is 6.42 Å². The summed E-state index contributed by atoms with van der Waals surface area (Å²) in [6, 6.07) is 7.32. The van der Waals surface area contributed by atoms with Crippen molar-refractivity contribution in [2.75, 3.05) is 20.3 Å². The van der Waals surface area contributed by atoms with E-state index in [0.717, 1.165) is 11.5 Å². The molecule has 1 N–H and O–H groups in total. The van der Waals surface area contributed by atoms with Crippen LogP contribution in [0.1, 0.15) is 12.8 Å². The molecule has 1 aromatic rings. The first-order chi connectivity index (χ1) is 8.76. The normalized spacial score (nSPS) is 9.33. The highest BCUT2D eigenvalue weighted by atomic mass is 16.5. The number of rotatable bonds is 7. The van der Waals surface area contributed by atoms with Crippen LogP contribution < -0.4 is 14.8 Å². The average Bonchev–Trinajstić information content (AvgIpc) is 2.42. The summed E-state index contributed by atoms with van der Waals surface area (Å²) in [4.78, 5) is 11.2. The van der Waals surface area contributed by atoms with Gasteiger partial charge in [-0.05, 0) is 30.7 Å². The van der Waals surface area contributed by atoms with E-state index >= 15 is 0 Å². The topological polar surface area (TPSA) is 47.6 Å². The lowest BCUT2D eigenvalue weighted by Crippen LogP contribution is -2.23. The van der Waals surface area contributed by atoms with Gasteiger partial charge in [0.05, 0.1) is 20.3 Å². The Morgan fingerprint density at radius 2 is 2.00 bits per heavy atom. The summed E-state index contributed by atoms with van der Waals surface area (Å²) in [7, 11) is 1.62. The van der Waals surface area contributed by atoms with E-state index < -0.39 is 0 Å². The van der Waals surface area contributed by atoms with Crippen molar-refractivity contribution in [2.24, 2.45) is 0 Å². The number of benzene rings is 1. The Morgan fingerprint density at radius 1 is 1.33 bits per heavy atom. The highest BCUT2D eigenvalue weighted by Gasteiger charge is 2.00. The highest BCUT2D eigenvalue weighted by Crippen LogP contribution is 2.17. The average molecular weight is 247 g/mol. The van der Waals surface area contributed by atoms with E-state index in [0.29, 0.717) is 19.4 Å². The molecule has 0 aromatic heterocycles. The van der Waals surface area contributed by atoms with E-state index in [1.54, 1.807) is 7.11 Å². The SMILES string of the molecule is C#CCNC(=O)CCCOc1ccc(OC)cc1. The molecule has 0 radical (unpaired) electrons. The van der Waals surface area contributed by atoms with E-state index in [-0.39, 0.29) is 12.5 Å². The number of methoxy groups -OCH3 is 1. The second-order valence-electron chi connectivity index (χ2n) is 3.61. The van der Waals surface area contributed by atoms with E-state index in [9.17, 15) is 4.79 Å². The van der Waals surface area contributed by atoms with Crippen LogP contribution in [0, 0.1) is 12.3 Å². The number of nitrogens with one attached hydrogen (secondary N) is 1. The molecule has 0 aliphatic heterocycles. The third-order valence-corrected chi connectivity index (χ3v) is 2.26. The number of ether oxygens (including phenoxy) is 2. The van der Waals surface area contributed by atoms with Crippen LogP contribution in [-0.2, 0) is 4.79 Å². The fraction of sp³-hybridized carbons (Fsp3) is 0.357. The molecule has 4 nitrogen and oxygen atoms in total. The van der Waals surface area contributed by atoms with Crippen LogP contribution in [0.2, 0.25) is 0 Å². The lowest BCUT2D eigenvalue weighted by atomic mass is 10.3. The maximum Gasteiger partial charge on any atom is 0.220 e. The minimum atomic E-state index is -0.0497. The minimum absolute atomic E-state index is 0.0497. The van der Waals surface area contributed by atoms with Crippen LogP contribution in [0.25, 0.3) is 0 Å². The summed E-state index contributed by atoms with van der Waals surface area (Å²) in [5.41, 5.74) is 0. The number of terminal acetylenes is 1. The predicted octanol–water partition coefficient (Wildman–Crippen LogP) is 1.60. The van der Waals surface area contributed by atoms with Gasteiger partial charge in [-0.3, -0.25) is 4.79 Å². The Labute approximate surface area is 107 Å². The molecule has 0 spiro atoms. The zero-order valence-electron chi connectivity index (χ0n) is 10.4. The first kappa shape index (κ1) is 13.9. The van der Waals surface area contributed by atoms with Crippen LogP contribution >= 0.6 is 0 Å². The van der Waals surface area contributed by atoms with Gasteiger partial charge in [0.2, 0.25) is 5.91 Å². The number of hydrogen-bond donors (Lipinski definition) is 1. The van der Waals surface area contributed by atoms with Crippen molar-refractivity contribution in [2.45, 2.75) is 12.8 Å². The predicted molar refractivity (Wildman–Crippen MR) is 69.6 cm³/mol. The zero-order valence-corrected chi connectivity index (χ0v) is 10.4. The molecule has 0 bridgehead atoms. The van der Waals surface area contributed by atoms with Gasteiger partial charge in [0.25, 0.3) is 0 Å². The first-order valence-corrected chi connectivity index (χ1v) is 5.73. The van der Waals surface area contributed by atoms with Gasteiger partial charge in [0.15, 0.2) is 0 Å². The Kier molecular flexibility index (Phi) is 6.20. The quantitative estimate of drug-likeness (QED) is 0.588. The first-order valence-electron chi connectivity index (χ1n) is 5.73. The summed E-state index contributed by atoms with van der Waals surface area (Å²) in [5, 5.41) is 2.60.